The Morgan fingerprint density at radius 2 is 2.00 bits per heavy atom. The molecule has 0 aliphatic carbocycles. The van der Waals surface area contributed by atoms with Crippen molar-refractivity contribution in [3.63, 3.8) is 0 Å². The number of benzene rings is 1. The molecule has 25 heavy (non-hydrogen) atoms. The first-order valence-electron chi connectivity index (χ1n) is 8.10. The fourth-order valence-electron chi connectivity index (χ4n) is 3.26. The van der Waals surface area contributed by atoms with E-state index in [2.05, 4.69) is 15.0 Å². The molecule has 0 spiro atoms. The topological polar surface area (TPSA) is 70.7 Å². The van der Waals surface area contributed by atoms with Crippen molar-refractivity contribution in [2.75, 3.05) is 13.1 Å². The Kier molecular flexibility index (Phi) is 4.23. The molecular formula is C17H17ClN4O2S. The maximum Gasteiger partial charge on any atom is 0.230 e. The summed E-state index contributed by atoms with van der Waals surface area (Å²) < 4.78 is 1.47. The SMILES string of the molecule is Cc1nc2sc(C(c3ccccc3Cl)N3CCC(=O)CC3)c(O)n2n1. The number of hydrogen-bond acceptors (Lipinski definition) is 6. The summed E-state index contributed by atoms with van der Waals surface area (Å²) in [5.41, 5.74) is 0.912. The van der Waals surface area contributed by atoms with E-state index in [1.807, 2.05) is 24.3 Å². The van der Waals surface area contributed by atoms with Gasteiger partial charge in [0.1, 0.15) is 11.6 Å². The Morgan fingerprint density at radius 1 is 1.28 bits per heavy atom. The van der Waals surface area contributed by atoms with Gasteiger partial charge < -0.3 is 5.11 Å². The van der Waals surface area contributed by atoms with Gasteiger partial charge in [-0.1, -0.05) is 41.1 Å². The van der Waals surface area contributed by atoms with Crippen LogP contribution in [-0.4, -0.2) is 43.5 Å². The van der Waals surface area contributed by atoms with E-state index in [9.17, 15) is 9.90 Å². The molecule has 1 aromatic carbocycles. The first-order chi connectivity index (χ1) is 12.0. The van der Waals surface area contributed by atoms with E-state index in [0.29, 0.717) is 41.7 Å². The highest BCUT2D eigenvalue weighted by atomic mass is 35.5. The lowest BCUT2D eigenvalue weighted by atomic mass is 10.00. The number of halogens is 1. The van der Waals surface area contributed by atoms with Gasteiger partial charge in [-0.15, -0.1) is 5.10 Å². The second kappa shape index (κ2) is 6.40. The van der Waals surface area contributed by atoms with Gasteiger partial charge in [-0.3, -0.25) is 9.69 Å². The standard InChI is InChI=1S/C17H17ClN4O2S/c1-10-19-17-22(20-10)16(24)15(25-17)14(12-4-2-3-5-13(12)18)21-8-6-11(23)7-9-21/h2-5,14,24H,6-9H2,1H3. The van der Waals surface area contributed by atoms with E-state index in [0.717, 1.165) is 10.4 Å². The van der Waals surface area contributed by atoms with Gasteiger partial charge in [0.2, 0.25) is 10.8 Å². The molecule has 1 aliphatic heterocycles. The highest BCUT2D eigenvalue weighted by molar-refractivity contribution is 7.17. The number of rotatable bonds is 3. The van der Waals surface area contributed by atoms with Crippen LogP contribution in [-0.2, 0) is 4.79 Å². The number of Topliss-reactive ketones (excluding diaryl/α,β-unsaturated/α-hetero) is 1. The van der Waals surface area contributed by atoms with Crippen LogP contribution in [0.3, 0.4) is 0 Å². The third kappa shape index (κ3) is 2.92. The van der Waals surface area contributed by atoms with Crippen LogP contribution in [0.4, 0.5) is 0 Å². The molecule has 1 atom stereocenters. The molecule has 1 unspecified atom stereocenters. The smallest absolute Gasteiger partial charge is 0.230 e. The molecule has 2 aromatic heterocycles. The lowest BCUT2D eigenvalue weighted by molar-refractivity contribution is -0.121. The number of thiazole rings is 1. The first kappa shape index (κ1) is 16.5. The molecule has 1 N–H and O–H groups in total. The molecule has 6 nitrogen and oxygen atoms in total. The minimum Gasteiger partial charge on any atom is -0.492 e. The zero-order chi connectivity index (χ0) is 17.6. The Bertz CT molecular complexity index is 941. The molecule has 3 aromatic rings. The molecule has 1 saturated heterocycles. The number of likely N-dealkylation sites (tertiary alicyclic amines) is 1. The number of nitrogens with zero attached hydrogens (tertiary/aromatic N) is 4. The molecule has 4 rings (SSSR count). The fraction of sp³-hybridized carbons (Fsp3) is 0.353. The van der Waals surface area contributed by atoms with Crippen LogP contribution >= 0.6 is 22.9 Å². The van der Waals surface area contributed by atoms with Crippen LogP contribution in [0.5, 0.6) is 5.88 Å². The van der Waals surface area contributed by atoms with E-state index >= 15 is 0 Å². The fourth-order valence-corrected chi connectivity index (χ4v) is 4.65. The Morgan fingerprint density at radius 3 is 2.68 bits per heavy atom. The normalized spacial score (nSPS) is 17.3. The van der Waals surface area contributed by atoms with Gasteiger partial charge in [0.15, 0.2) is 0 Å². The number of ketones is 1. The van der Waals surface area contributed by atoms with E-state index in [4.69, 9.17) is 11.6 Å². The predicted octanol–water partition coefficient (Wildman–Crippen LogP) is 3.21. The van der Waals surface area contributed by atoms with E-state index in [-0.39, 0.29) is 17.7 Å². The third-order valence-electron chi connectivity index (χ3n) is 4.47. The van der Waals surface area contributed by atoms with Crippen LogP contribution in [0.25, 0.3) is 4.96 Å². The minimum absolute atomic E-state index is 0.0856. The summed E-state index contributed by atoms with van der Waals surface area (Å²) in [5.74, 6) is 0.977. The lowest BCUT2D eigenvalue weighted by Gasteiger charge is -2.34. The number of piperidine rings is 1. The molecular weight excluding hydrogens is 360 g/mol. The number of hydrogen-bond donors (Lipinski definition) is 1. The predicted molar refractivity (Wildman–Crippen MR) is 96.4 cm³/mol. The van der Waals surface area contributed by atoms with Crippen molar-refractivity contribution in [1.82, 2.24) is 19.5 Å². The molecule has 1 aliphatic rings. The molecule has 1 fully saturated rings. The lowest BCUT2D eigenvalue weighted by Crippen LogP contribution is -2.37. The van der Waals surface area contributed by atoms with E-state index in [1.54, 1.807) is 6.92 Å². The molecule has 0 bridgehead atoms. The van der Waals surface area contributed by atoms with Gasteiger partial charge in [-0.2, -0.15) is 4.52 Å². The van der Waals surface area contributed by atoms with Crippen molar-refractivity contribution in [3.05, 3.63) is 45.6 Å². The molecule has 8 heteroatoms. The molecule has 0 saturated carbocycles. The largest absolute Gasteiger partial charge is 0.492 e. The maximum absolute atomic E-state index is 11.7. The minimum atomic E-state index is -0.226. The summed E-state index contributed by atoms with van der Waals surface area (Å²) in [6.07, 6.45) is 1.03. The van der Waals surface area contributed by atoms with Gasteiger partial charge in [-0.25, -0.2) is 4.98 Å². The highest BCUT2D eigenvalue weighted by Crippen LogP contribution is 2.42. The van der Waals surface area contributed by atoms with Crippen molar-refractivity contribution in [1.29, 1.82) is 0 Å². The van der Waals surface area contributed by atoms with Crippen molar-refractivity contribution < 1.29 is 9.90 Å². The zero-order valence-corrected chi connectivity index (χ0v) is 15.2. The zero-order valence-electron chi connectivity index (χ0n) is 13.6. The van der Waals surface area contributed by atoms with E-state index < -0.39 is 0 Å². The molecule has 3 heterocycles. The van der Waals surface area contributed by atoms with Crippen molar-refractivity contribution in [2.45, 2.75) is 25.8 Å². The summed E-state index contributed by atoms with van der Waals surface area (Å²) in [4.78, 5) is 19.6. The molecule has 0 amide bonds. The average Bonchev–Trinajstić information content (AvgIpc) is 3.09. The second-order valence-electron chi connectivity index (χ2n) is 6.14. The van der Waals surface area contributed by atoms with Crippen LogP contribution in [0.15, 0.2) is 24.3 Å². The number of aryl methyl sites for hydroxylation is 1. The van der Waals surface area contributed by atoms with Crippen LogP contribution < -0.4 is 0 Å². The van der Waals surface area contributed by atoms with Gasteiger partial charge in [0.25, 0.3) is 0 Å². The number of carbonyl (C=O) groups is 1. The first-order valence-corrected chi connectivity index (χ1v) is 9.29. The number of aromatic hydroxyl groups is 1. The summed E-state index contributed by atoms with van der Waals surface area (Å²) in [6.45, 7) is 3.07. The van der Waals surface area contributed by atoms with Crippen molar-refractivity contribution in [3.8, 4) is 5.88 Å². The summed E-state index contributed by atoms with van der Waals surface area (Å²) in [6, 6.07) is 7.40. The Labute approximate surface area is 153 Å². The average molecular weight is 377 g/mol. The Balaban J connectivity index is 1.84. The van der Waals surface area contributed by atoms with Gasteiger partial charge in [0.05, 0.1) is 10.9 Å². The number of fused-ring (bicyclic) bond motifs is 1. The van der Waals surface area contributed by atoms with Crippen molar-refractivity contribution in [2.24, 2.45) is 0 Å². The summed E-state index contributed by atoms with van der Waals surface area (Å²) in [7, 11) is 0. The van der Waals surface area contributed by atoms with Crippen molar-refractivity contribution >= 4 is 33.7 Å². The molecule has 130 valence electrons. The van der Waals surface area contributed by atoms with Gasteiger partial charge in [0, 0.05) is 31.0 Å². The van der Waals surface area contributed by atoms with Crippen LogP contribution in [0.1, 0.15) is 35.1 Å². The second-order valence-corrected chi connectivity index (χ2v) is 7.56. The quantitative estimate of drug-likeness (QED) is 0.760. The number of aromatic nitrogens is 3. The van der Waals surface area contributed by atoms with Crippen LogP contribution in [0, 0.1) is 6.92 Å². The third-order valence-corrected chi connectivity index (χ3v) is 5.89. The van der Waals surface area contributed by atoms with Gasteiger partial charge >= 0.3 is 0 Å². The number of carbonyl (C=O) groups excluding carboxylic acids is 1. The van der Waals surface area contributed by atoms with Crippen LogP contribution in [0.2, 0.25) is 5.02 Å². The highest BCUT2D eigenvalue weighted by Gasteiger charge is 2.32. The monoisotopic (exact) mass is 376 g/mol. The summed E-state index contributed by atoms with van der Waals surface area (Å²) in [5, 5.41) is 15.6. The molecule has 0 radical (unpaired) electrons. The summed E-state index contributed by atoms with van der Waals surface area (Å²) >= 11 is 7.86. The Hall–Kier alpha value is -1.96. The maximum atomic E-state index is 11.7. The van der Waals surface area contributed by atoms with Gasteiger partial charge in [-0.05, 0) is 18.6 Å². The van der Waals surface area contributed by atoms with E-state index in [1.165, 1.54) is 15.9 Å².